The molecule has 132 valence electrons. The molecular formula is C18H14BrN3O4. The summed E-state index contributed by atoms with van der Waals surface area (Å²) in [5, 5.41) is 16.6. The molecule has 0 atom stereocenters. The van der Waals surface area contributed by atoms with Crippen LogP contribution in [0.5, 0.6) is 11.5 Å². The highest BCUT2D eigenvalue weighted by atomic mass is 79.9. The molecule has 1 heterocycles. The number of aromatic nitrogens is 2. The van der Waals surface area contributed by atoms with Gasteiger partial charge in [-0.15, -0.1) is 0 Å². The van der Waals surface area contributed by atoms with Crippen LogP contribution < -0.4 is 15.6 Å². The standard InChI is InChI=1S/C18H14BrN3O4/c1-26-14-4-2-3-12(9-14)20-18(25)17-15(23)10-16(24)22(21-17)13-7-5-11(19)6-8-13/h2-10,23H,1H3,(H,20,25). The van der Waals surface area contributed by atoms with Crippen LogP contribution in [0.15, 0.2) is 63.9 Å². The second kappa shape index (κ2) is 7.40. The Labute approximate surface area is 157 Å². The zero-order chi connectivity index (χ0) is 18.7. The highest BCUT2D eigenvalue weighted by Gasteiger charge is 2.17. The van der Waals surface area contributed by atoms with Crippen molar-refractivity contribution in [2.75, 3.05) is 12.4 Å². The van der Waals surface area contributed by atoms with Gasteiger partial charge in [0.05, 0.1) is 12.8 Å². The summed E-state index contributed by atoms with van der Waals surface area (Å²) in [5.41, 5.74) is 0.115. The maximum absolute atomic E-state index is 12.5. The number of carbonyl (C=O) groups excluding carboxylic acids is 1. The summed E-state index contributed by atoms with van der Waals surface area (Å²) >= 11 is 3.31. The van der Waals surface area contributed by atoms with Crippen LogP contribution in [0.3, 0.4) is 0 Å². The number of carbonyl (C=O) groups is 1. The third-order valence-corrected chi connectivity index (χ3v) is 4.05. The highest BCUT2D eigenvalue weighted by molar-refractivity contribution is 9.10. The average Bonchev–Trinajstić information content (AvgIpc) is 2.63. The normalized spacial score (nSPS) is 10.4. The van der Waals surface area contributed by atoms with Gasteiger partial charge in [-0.2, -0.15) is 9.78 Å². The highest BCUT2D eigenvalue weighted by Crippen LogP contribution is 2.19. The van der Waals surface area contributed by atoms with Crippen molar-refractivity contribution < 1.29 is 14.6 Å². The molecule has 8 heteroatoms. The smallest absolute Gasteiger partial charge is 0.279 e. The van der Waals surface area contributed by atoms with Crippen molar-refractivity contribution in [1.29, 1.82) is 0 Å². The van der Waals surface area contributed by atoms with Gasteiger partial charge in [-0.3, -0.25) is 9.59 Å². The molecule has 0 unspecified atom stereocenters. The Morgan fingerprint density at radius 3 is 2.62 bits per heavy atom. The van der Waals surface area contributed by atoms with E-state index in [2.05, 4.69) is 26.3 Å². The quantitative estimate of drug-likeness (QED) is 0.682. The van der Waals surface area contributed by atoms with Crippen LogP contribution in [0, 0.1) is 0 Å². The number of amides is 1. The van der Waals surface area contributed by atoms with E-state index in [9.17, 15) is 14.7 Å². The van der Waals surface area contributed by atoms with Gasteiger partial charge in [0, 0.05) is 22.3 Å². The van der Waals surface area contributed by atoms with Crippen LogP contribution in [0.4, 0.5) is 5.69 Å². The Kier molecular flexibility index (Phi) is 5.04. The molecular weight excluding hydrogens is 402 g/mol. The molecule has 0 spiro atoms. The van der Waals surface area contributed by atoms with Crippen molar-refractivity contribution in [3.8, 4) is 17.2 Å². The zero-order valence-electron chi connectivity index (χ0n) is 13.6. The molecule has 0 bridgehead atoms. The van der Waals surface area contributed by atoms with Crippen molar-refractivity contribution in [2.24, 2.45) is 0 Å². The first-order valence-electron chi connectivity index (χ1n) is 7.52. The van der Waals surface area contributed by atoms with Gasteiger partial charge >= 0.3 is 0 Å². The Morgan fingerprint density at radius 1 is 1.19 bits per heavy atom. The van der Waals surface area contributed by atoms with Gasteiger partial charge in [0.15, 0.2) is 11.4 Å². The van der Waals surface area contributed by atoms with Crippen LogP contribution in [0.2, 0.25) is 0 Å². The minimum Gasteiger partial charge on any atom is -0.505 e. The first-order chi connectivity index (χ1) is 12.5. The number of rotatable bonds is 4. The van der Waals surface area contributed by atoms with Gasteiger partial charge < -0.3 is 15.2 Å². The lowest BCUT2D eigenvalue weighted by atomic mass is 10.2. The van der Waals surface area contributed by atoms with Crippen molar-refractivity contribution in [3.63, 3.8) is 0 Å². The van der Waals surface area contributed by atoms with Crippen LogP contribution in [-0.2, 0) is 0 Å². The third-order valence-electron chi connectivity index (χ3n) is 3.53. The number of halogens is 1. The molecule has 0 saturated heterocycles. The summed E-state index contributed by atoms with van der Waals surface area (Å²) < 4.78 is 6.99. The van der Waals surface area contributed by atoms with E-state index < -0.39 is 17.2 Å². The molecule has 0 aliphatic rings. The lowest BCUT2D eigenvalue weighted by Crippen LogP contribution is -2.25. The molecule has 2 N–H and O–H groups in total. The number of hydrogen-bond acceptors (Lipinski definition) is 5. The largest absolute Gasteiger partial charge is 0.505 e. The van der Waals surface area contributed by atoms with Crippen molar-refractivity contribution in [2.45, 2.75) is 0 Å². The van der Waals surface area contributed by atoms with E-state index in [0.717, 1.165) is 15.2 Å². The van der Waals surface area contributed by atoms with E-state index in [4.69, 9.17) is 4.74 Å². The summed E-state index contributed by atoms with van der Waals surface area (Å²) in [6.45, 7) is 0. The van der Waals surface area contributed by atoms with Gasteiger partial charge in [-0.05, 0) is 36.4 Å². The monoisotopic (exact) mass is 415 g/mol. The number of ether oxygens (including phenoxy) is 1. The lowest BCUT2D eigenvalue weighted by molar-refractivity contribution is 0.101. The molecule has 3 rings (SSSR count). The van der Waals surface area contributed by atoms with Gasteiger partial charge in [0.25, 0.3) is 11.5 Å². The third kappa shape index (κ3) is 3.75. The second-order valence-corrected chi connectivity index (χ2v) is 6.21. The first-order valence-corrected chi connectivity index (χ1v) is 8.32. The van der Waals surface area contributed by atoms with Crippen LogP contribution in [-0.4, -0.2) is 27.9 Å². The summed E-state index contributed by atoms with van der Waals surface area (Å²) in [6.07, 6.45) is 0. The van der Waals surface area contributed by atoms with Gasteiger partial charge in [-0.25, -0.2) is 0 Å². The topological polar surface area (TPSA) is 93.5 Å². The number of hydrogen-bond donors (Lipinski definition) is 2. The molecule has 7 nitrogen and oxygen atoms in total. The summed E-state index contributed by atoms with van der Waals surface area (Å²) in [7, 11) is 1.52. The molecule has 0 aliphatic carbocycles. The van der Waals surface area contributed by atoms with Gasteiger partial charge in [0.2, 0.25) is 0 Å². The fraction of sp³-hybridized carbons (Fsp3) is 0.0556. The molecule has 0 radical (unpaired) electrons. The van der Waals surface area contributed by atoms with E-state index >= 15 is 0 Å². The predicted molar refractivity (Wildman–Crippen MR) is 100 cm³/mol. The molecule has 1 amide bonds. The van der Waals surface area contributed by atoms with Crippen LogP contribution >= 0.6 is 15.9 Å². The van der Waals surface area contributed by atoms with E-state index in [1.165, 1.54) is 7.11 Å². The number of nitrogens with zero attached hydrogens (tertiary/aromatic N) is 2. The van der Waals surface area contributed by atoms with Gasteiger partial charge in [0.1, 0.15) is 5.75 Å². The fourth-order valence-electron chi connectivity index (χ4n) is 2.27. The minimum absolute atomic E-state index is 0.268. The molecule has 0 aliphatic heterocycles. The van der Waals surface area contributed by atoms with E-state index in [-0.39, 0.29) is 5.69 Å². The molecule has 26 heavy (non-hydrogen) atoms. The lowest BCUT2D eigenvalue weighted by Gasteiger charge is -2.10. The minimum atomic E-state index is -0.651. The Hall–Kier alpha value is -3.13. The fourth-order valence-corrected chi connectivity index (χ4v) is 2.53. The van der Waals surface area contributed by atoms with Crippen molar-refractivity contribution in [1.82, 2.24) is 9.78 Å². The van der Waals surface area contributed by atoms with Crippen LogP contribution in [0.25, 0.3) is 5.69 Å². The maximum atomic E-state index is 12.5. The van der Waals surface area contributed by atoms with Crippen molar-refractivity contribution >= 4 is 27.5 Å². The summed E-state index contributed by atoms with van der Waals surface area (Å²) in [5.74, 6) is -0.579. The second-order valence-electron chi connectivity index (χ2n) is 5.29. The van der Waals surface area contributed by atoms with Crippen molar-refractivity contribution in [3.05, 3.63) is 75.1 Å². The first kappa shape index (κ1) is 17.7. The zero-order valence-corrected chi connectivity index (χ0v) is 15.2. The predicted octanol–water partition coefficient (Wildman–Crippen LogP) is 2.96. The van der Waals surface area contributed by atoms with Gasteiger partial charge in [-0.1, -0.05) is 22.0 Å². The Morgan fingerprint density at radius 2 is 1.92 bits per heavy atom. The summed E-state index contributed by atoms with van der Waals surface area (Å²) in [4.78, 5) is 24.6. The van der Waals surface area contributed by atoms with E-state index in [0.29, 0.717) is 17.1 Å². The molecule has 0 saturated carbocycles. The number of methoxy groups -OCH3 is 1. The number of nitrogens with one attached hydrogen (secondary N) is 1. The average molecular weight is 416 g/mol. The molecule has 1 aromatic heterocycles. The number of anilines is 1. The molecule has 3 aromatic rings. The van der Waals surface area contributed by atoms with E-state index in [1.807, 2.05) is 0 Å². The van der Waals surface area contributed by atoms with Crippen LogP contribution in [0.1, 0.15) is 10.5 Å². The number of benzene rings is 2. The summed E-state index contributed by atoms with van der Waals surface area (Å²) in [6, 6.07) is 14.5. The maximum Gasteiger partial charge on any atom is 0.279 e. The Balaban J connectivity index is 1.96. The Bertz CT molecular complexity index is 1020. The molecule has 0 fully saturated rings. The van der Waals surface area contributed by atoms with E-state index in [1.54, 1.807) is 48.5 Å². The SMILES string of the molecule is COc1cccc(NC(=O)c2nn(-c3ccc(Br)cc3)c(=O)cc2O)c1. The molecule has 2 aromatic carbocycles. The number of aromatic hydroxyl groups is 1.